The minimum absolute atomic E-state index is 0.00369. The average molecular weight is 582 g/mol. The fraction of sp³-hybridized carbons (Fsp3) is 0.385. The SMILES string of the molecule is CBN(c1ccncn1)S(=O)(=O)c1cc(F)c(O[C@H]2CC[C@H](c3cccc(C(F)(F)F)c3)C[C@@H]2N(C)C)cc1F. The van der Waals surface area contributed by atoms with E-state index >= 15 is 8.78 Å². The number of anilines is 1. The van der Waals surface area contributed by atoms with Gasteiger partial charge in [-0.3, -0.25) is 0 Å². The third kappa shape index (κ3) is 6.22. The van der Waals surface area contributed by atoms with Crippen molar-refractivity contribution in [2.75, 3.05) is 18.3 Å². The molecule has 7 nitrogen and oxygen atoms in total. The molecule has 3 atom stereocenters. The van der Waals surface area contributed by atoms with Crippen LogP contribution >= 0.6 is 0 Å². The van der Waals surface area contributed by atoms with Gasteiger partial charge in [-0.15, -0.1) is 0 Å². The number of hydrogen-bond acceptors (Lipinski definition) is 6. The van der Waals surface area contributed by atoms with Crippen LogP contribution in [0.4, 0.5) is 27.8 Å². The molecule has 0 aliphatic heterocycles. The van der Waals surface area contributed by atoms with Crippen LogP contribution in [0.3, 0.4) is 0 Å². The molecule has 1 fully saturated rings. The Bertz CT molecular complexity index is 1440. The maximum absolute atomic E-state index is 15.2. The number of aromatic nitrogens is 2. The summed E-state index contributed by atoms with van der Waals surface area (Å²) in [6.07, 6.45) is -1.33. The normalized spacial score (nSPS) is 19.9. The van der Waals surface area contributed by atoms with Gasteiger partial charge in [-0.1, -0.05) is 25.0 Å². The molecule has 0 N–H and O–H groups in total. The van der Waals surface area contributed by atoms with Gasteiger partial charge in [-0.2, -0.15) is 13.2 Å². The van der Waals surface area contributed by atoms with Crippen LogP contribution in [0, 0.1) is 11.6 Å². The van der Waals surface area contributed by atoms with Crippen LogP contribution < -0.4 is 8.95 Å². The van der Waals surface area contributed by atoms with E-state index in [1.807, 2.05) is 4.90 Å². The van der Waals surface area contributed by atoms with E-state index < -0.39 is 50.1 Å². The summed E-state index contributed by atoms with van der Waals surface area (Å²) in [5.41, 5.74) is -0.171. The summed E-state index contributed by atoms with van der Waals surface area (Å²) < 4.78 is 103. The lowest BCUT2D eigenvalue weighted by atomic mass is 9.79. The van der Waals surface area contributed by atoms with E-state index in [0.717, 1.165) is 22.7 Å². The van der Waals surface area contributed by atoms with E-state index in [4.69, 9.17) is 4.74 Å². The van der Waals surface area contributed by atoms with Crippen LogP contribution in [0.15, 0.2) is 59.9 Å². The number of hydrogen-bond donors (Lipinski definition) is 0. The Morgan fingerprint density at radius 2 is 1.80 bits per heavy atom. The van der Waals surface area contributed by atoms with E-state index in [9.17, 15) is 21.6 Å². The number of likely N-dealkylation sites (N-methyl/N-ethyl adjacent to an activating group) is 1. The van der Waals surface area contributed by atoms with Gasteiger partial charge in [0.15, 0.2) is 11.6 Å². The van der Waals surface area contributed by atoms with Crippen molar-refractivity contribution in [3.63, 3.8) is 0 Å². The summed E-state index contributed by atoms with van der Waals surface area (Å²) in [4.78, 5) is 8.60. The highest BCUT2D eigenvalue weighted by atomic mass is 32.2. The second kappa shape index (κ2) is 11.7. The van der Waals surface area contributed by atoms with Gasteiger partial charge in [0, 0.05) is 24.4 Å². The lowest BCUT2D eigenvalue weighted by Gasteiger charge is -2.40. The third-order valence-corrected chi connectivity index (χ3v) is 8.94. The zero-order valence-electron chi connectivity index (χ0n) is 22.1. The molecule has 0 spiro atoms. The summed E-state index contributed by atoms with van der Waals surface area (Å²) in [7, 11) is -1.04. The lowest BCUT2D eigenvalue weighted by Crippen LogP contribution is -2.46. The Morgan fingerprint density at radius 3 is 2.42 bits per heavy atom. The highest BCUT2D eigenvalue weighted by Gasteiger charge is 2.37. The predicted octanol–water partition coefficient (Wildman–Crippen LogP) is 5.01. The molecule has 2 aromatic carbocycles. The van der Waals surface area contributed by atoms with Crippen LogP contribution in [0.5, 0.6) is 5.75 Å². The summed E-state index contributed by atoms with van der Waals surface area (Å²) in [5.74, 6) is -2.88. The number of benzene rings is 2. The summed E-state index contributed by atoms with van der Waals surface area (Å²) >= 11 is 0. The van der Waals surface area contributed by atoms with Gasteiger partial charge in [0.2, 0.25) is 0 Å². The second-order valence-electron chi connectivity index (χ2n) is 9.77. The van der Waals surface area contributed by atoms with Gasteiger partial charge in [-0.25, -0.2) is 27.2 Å². The molecule has 14 heteroatoms. The van der Waals surface area contributed by atoms with Crippen LogP contribution in [0.25, 0.3) is 0 Å². The first-order valence-electron chi connectivity index (χ1n) is 12.6. The topological polar surface area (TPSA) is 75.6 Å². The largest absolute Gasteiger partial charge is 0.486 e. The summed E-state index contributed by atoms with van der Waals surface area (Å²) in [5, 5.41) is 0. The minimum Gasteiger partial charge on any atom is -0.486 e. The van der Waals surface area contributed by atoms with E-state index in [-0.39, 0.29) is 25.2 Å². The van der Waals surface area contributed by atoms with Crippen molar-refractivity contribution >= 4 is 23.3 Å². The molecular formula is C26H28BF5N4O3S. The van der Waals surface area contributed by atoms with E-state index in [1.54, 1.807) is 20.2 Å². The molecule has 1 heterocycles. The predicted molar refractivity (Wildman–Crippen MR) is 141 cm³/mol. The number of alkyl halides is 3. The van der Waals surface area contributed by atoms with Gasteiger partial charge in [0.05, 0.1) is 5.56 Å². The Kier molecular flexibility index (Phi) is 8.69. The van der Waals surface area contributed by atoms with Crippen LogP contribution in [0.1, 0.15) is 36.3 Å². The molecule has 1 aliphatic carbocycles. The van der Waals surface area contributed by atoms with Crippen molar-refractivity contribution in [2.24, 2.45) is 0 Å². The minimum atomic E-state index is -4.50. The smallest absolute Gasteiger partial charge is 0.416 e. The zero-order chi connectivity index (χ0) is 29.2. The van der Waals surface area contributed by atoms with Crippen molar-refractivity contribution in [3.8, 4) is 5.75 Å². The molecule has 3 aromatic rings. The molecular weight excluding hydrogens is 554 g/mol. The highest BCUT2D eigenvalue weighted by Crippen LogP contribution is 2.39. The molecule has 1 aliphatic rings. The van der Waals surface area contributed by atoms with E-state index in [1.165, 1.54) is 25.2 Å². The number of sulfonamides is 1. The number of halogens is 5. The first kappa shape index (κ1) is 29.7. The highest BCUT2D eigenvalue weighted by molar-refractivity contribution is 7.94. The van der Waals surface area contributed by atoms with Crippen molar-refractivity contribution in [1.29, 1.82) is 0 Å². The first-order valence-corrected chi connectivity index (χ1v) is 14.0. The second-order valence-corrected chi connectivity index (χ2v) is 11.6. The fourth-order valence-electron chi connectivity index (χ4n) is 5.04. The molecule has 1 aromatic heterocycles. The first-order chi connectivity index (χ1) is 18.8. The van der Waals surface area contributed by atoms with Crippen molar-refractivity contribution in [2.45, 2.75) is 55.2 Å². The number of rotatable bonds is 8. The van der Waals surface area contributed by atoms with Gasteiger partial charge in [0.1, 0.15) is 29.0 Å². The van der Waals surface area contributed by atoms with Crippen LogP contribution in [-0.2, 0) is 16.2 Å². The van der Waals surface area contributed by atoms with Gasteiger partial charge < -0.3 is 13.9 Å². The molecule has 0 radical (unpaired) electrons. The Hall–Kier alpha value is -3.26. The Labute approximate surface area is 230 Å². The van der Waals surface area contributed by atoms with Crippen molar-refractivity contribution in [3.05, 3.63) is 77.8 Å². The van der Waals surface area contributed by atoms with Crippen LogP contribution in [0.2, 0.25) is 6.82 Å². The van der Waals surface area contributed by atoms with Crippen LogP contribution in [-0.4, -0.2) is 56.9 Å². The number of ether oxygens (including phenoxy) is 1. The third-order valence-electron chi connectivity index (χ3n) is 7.05. The van der Waals surface area contributed by atoms with Crippen molar-refractivity contribution < 1.29 is 35.1 Å². The van der Waals surface area contributed by atoms with Gasteiger partial charge >= 0.3 is 6.18 Å². The Balaban J connectivity index is 1.56. The molecule has 0 unspecified atom stereocenters. The average Bonchev–Trinajstić information content (AvgIpc) is 2.91. The molecule has 0 amide bonds. The monoisotopic (exact) mass is 582 g/mol. The molecule has 40 heavy (non-hydrogen) atoms. The Morgan fingerprint density at radius 1 is 1.05 bits per heavy atom. The standard InChI is InChI=1S/C26H28BF5N4O3S/c1-27-36(25-9-10-33-15-34-25)40(37,38)24-14-19(28)23(13-20(24)29)39-22-8-7-17(12-21(22)35(2)3)16-5-4-6-18(11-16)26(30,31)32/h4-6,9-11,13-15,17,21-22,27H,7-8,12H2,1-3H3/t17-,21-,22-/m0/s1. The molecule has 0 bridgehead atoms. The summed E-state index contributed by atoms with van der Waals surface area (Å²) in [6, 6.07) is 7.51. The molecule has 214 valence electrons. The van der Waals surface area contributed by atoms with Gasteiger partial charge in [-0.05, 0) is 57.0 Å². The number of nitrogens with zero attached hydrogens (tertiary/aromatic N) is 4. The summed E-state index contributed by atoms with van der Waals surface area (Å²) in [6.45, 7) is 1.53. The van der Waals surface area contributed by atoms with Crippen molar-refractivity contribution in [1.82, 2.24) is 14.9 Å². The quantitative estimate of drug-likeness (QED) is 0.275. The molecule has 1 saturated carbocycles. The van der Waals surface area contributed by atoms with E-state index in [0.29, 0.717) is 37.0 Å². The van der Waals surface area contributed by atoms with E-state index in [2.05, 4.69) is 9.97 Å². The lowest BCUT2D eigenvalue weighted by molar-refractivity contribution is -0.137. The van der Waals surface area contributed by atoms with Gasteiger partial charge in [0.25, 0.3) is 17.4 Å². The molecule has 4 rings (SSSR count). The zero-order valence-corrected chi connectivity index (χ0v) is 22.9. The molecule has 0 saturated heterocycles. The fourth-order valence-corrected chi connectivity index (χ4v) is 6.53. The maximum Gasteiger partial charge on any atom is 0.416 e. The maximum atomic E-state index is 15.2.